The van der Waals surface area contributed by atoms with Crippen molar-refractivity contribution in [2.45, 2.75) is 18.9 Å². The van der Waals surface area contributed by atoms with Crippen molar-refractivity contribution >= 4 is 11.9 Å². The minimum Gasteiger partial charge on any atom is -0.478 e. The number of para-hydroxylation sites is 1. The first-order valence-corrected chi connectivity index (χ1v) is 7.58. The zero-order chi connectivity index (χ0) is 17.1. The molecule has 1 heterocycles. The van der Waals surface area contributed by atoms with Gasteiger partial charge in [-0.15, -0.1) is 0 Å². The molecule has 0 aliphatic carbocycles. The van der Waals surface area contributed by atoms with Crippen molar-refractivity contribution in [3.8, 4) is 5.75 Å². The van der Waals surface area contributed by atoms with E-state index in [0.29, 0.717) is 24.9 Å². The van der Waals surface area contributed by atoms with Gasteiger partial charge in [0.25, 0.3) is 5.91 Å². The Morgan fingerprint density at radius 2 is 1.96 bits per heavy atom. The molecule has 0 saturated carbocycles. The van der Waals surface area contributed by atoms with Crippen molar-refractivity contribution in [2.75, 3.05) is 6.54 Å². The second kappa shape index (κ2) is 6.70. The average molecular weight is 329 g/mol. The van der Waals surface area contributed by atoms with Crippen LogP contribution in [0.25, 0.3) is 0 Å². The van der Waals surface area contributed by atoms with Crippen molar-refractivity contribution in [2.24, 2.45) is 0 Å². The Hall–Kier alpha value is -2.89. The number of carboxylic acids is 1. The number of ether oxygens (including phenoxy) is 1. The van der Waals surface area contributed by atoms with E-state index in [0.717, 1.165) is 5.56 Å². The molecular formula is C18H16FNO4. The van der Waals surface area contributed by atoms with Crippen LogP contribution >= 0.6 is 0 Å². The van der Waals surface area contributed by atoms with Crippen LogP contribution in [0.5, 0.6) is 5.75 Å². The van der Waals surface area contributed by atoms with Gasteiger partial charge in [-0.1, -0.05) is 24.3 Å². The van der Waals surface area contributed by atoms with Crippen LogP contribution in [0.1, 0.15) is 21.5 Å². The second-order valence-electron chi connectivity index (χ2n) is 5.58. The summed E-state index contributed by atoms with van der Waals surface area (Å²) in [7, 11) is 0. The van der Waals surface area contributed by atoms with Crippen LogP contribution in [0, 0.1) is 5.82 Å². The van der Waals surface area contributed by atoms with Gasteiger partial charge in [-0.25, -0.2) is 9.18 Å². The fourth-order valence-corrected chi connectivity index (χ4v) is 2.63. The van der Waals surface area contributed by atoms with Gasteiger partial charge in [0.2, 0.25) is 0 Å². The molecule has 1 aliphatic rings. The van der Waals surface area contributed by atoms with E-state index < -0.39 is 17.9 Å². The quantitative estimate of drug-likeness (QED) is 0.882. The minimum absolute atomic E-state index is 0.155. The van der Waals surface area contributed by atoms with E-state index in [1.54, 1.807) is 24.3 Å². The summed E-state index contributed by atoms with van der Waals surface area (Å²) in [5.41, 5.74) is 1.84. The Labute approximate surface area is 138 Å². The maximum absolute atomic E-state index is 13.6. The molecule has 0 bridgehead atoms. The van der Waals surface area contributed by atoms with Crippen molar-refractivity contribution < 1.29 is 23.8 Å². The van der Waals surface area contributed by atoms with Crippen molar-refractivity contribution in [3.63, 3.8) is 0 Å². The van der Waals surface area contributed by atoms with E-state index >= 15 is 0 Å². The summed E-state index contributed by atoms with van der Waals surface area (Å²) in [5, 5.41) is 11.6. The Morgan fingerprint density at radius 3 is 2.62 bits per heavy atom. The number of fused-ring (bicyclic) bond motifs is 1. The van der Waals surface area contributed by atoms with Crippen LogP contribution in [-0.2, 0) is 17.6 Å². The topological polar surface area (TPSA) is 75.6 Å². The number of hydrogen-bond donors (Lipinski definition) is 2. The lowest BCUT2D eigenvalue weighted by Gasteiger charge is -2.11. The molecular weight excluding hydrogens is 313 g/mol. The number of halogens is 1. The zero-order valence-electron chi connectivity index (χ0n) is 12.8. The average Bonchev–Trinajstić information content (AvgIpc) is 3.01. The monoisotopic (exact) mass is 329 g/mol. The first kappa shape index (κ1) is 16.0. The Morgan fingerprint density at radius 1 is 1.21 bits per heavy atom. The van der Waals surface area contributed by atoms with E-state index in [4.69, 9.17) is 9.84 Å². The predicted octanol–water partition coefficient (Wildman–Crippen LogP) is 2.19. The maximum Gasteiger partial charge on any atom is 0.335 e. The van der Waals surface area contributed by atoms with Gasteiger partial charge < -0.3 is 15.2 Å². The molecule has 2 aromatic carbocycles. The lowest BCUT2D eigenvalue weighted by molar-refractivity contribution is -0.127. The number of carbonyl (C=O) groups is 2. The van der Waals surface area contributed by atoms with Crippen LogP contribution in [0.3, 0.4) is 0 Å². The molecule has 1 atom stereocenters. The summed E-state index contributed by atoms with van der Waals surface area (Å²) in [6, 6.07) is 11.1. The van der Waals surface area contributed by atoms with Crippen LogP contribution in [0.2, 0.25) is 0 Å². The molecule has 124 valence electrons. The van der Waals surface area contributed by atoms with E-state index in [-0.39, 0.29) is 17.2 Å². The van der Waals surface area contributed by atoms with E-state index in [2.05, 4.69) is 5.32 Å². The molecule has 24 heavy (non-hydrogen) atoms. The molecule has 0 unspecified atom stereocenters. The molecule has 1 amide bonds. The van der Waals surface area contributed by atoms with Crippen molar-refractivity contribution in [1.29, 1.82) is 0 Å². The number of rotatable bonds is 5. The number of benzene rings is 2. The molecule has 6 heteroatoms. The van der Waals surface area contributed by atoms with Gasteiger partial charge in [0, 0.05) is 18.5 Å². The maximum atomic E-state index is 13.6. The predicted molar refractivity (Wildman–Crippen MR) is 84.6 cm³/mol. The number of amides is 1. The summed E-state index contributed by atoms with van der Waals surface area (Å²) < 4.78 is 19.0. The highest BCUT2D eigenvalue weighted by molar-refractivity contribution is 5.87. The molecule has 0 spiro atoms. The second-order valence-corrected chi connectivity index (χ2v) is 5.58. The first-order valence-electron chi connectivity index (χ1n) is 7.58. The molecule has 0 saturated heterocycles. The third-order valence-electron chi connectivity index (χ3n) is 3.92. The SMILES string of the molecule is O=C(O)c1ccc(CCNC(=O)[C@H]2Cc3cccc(F)c3O2)cc1. The first-order chi connectivity index (χ1) is 11.5. The fraction of sp³-hybridized carbons (Fsp3) is 0.222. The molecule has 0 radical (unpaired) electrons. The number of carboxylic acid groups (broad SMARTS) is 1. The molecule has 2 N–H and O–H groups in total. The largest absolute Gasteiger partial charge is 0.478 e. The summed E-state index contributed by atoms with van der Waals surface area (Å²) in [4.78, 5) is 22.9. The molecule has 0 aromatic heterocycles. The normalized spacial score (nSPS) is 15.5. The standard InChI is InChI=1S/C18H16FNO4/c19-14-3-1-2-13-10-15(24-16(13)14)17(21)20-9-8-11-4-6-12(7-5-11)18(22)23/h1-7,15H,8-10H2,(H,20,21)(H,22,23)/t15-/m1/s1. The molecule has 3 rings (SSSR count). The van der Waals surface area contributed by atoms with Crippen LogP contribution < -0.4 is 10.1 Å². The van der Waals surface area contributed by atoms with Gasteiger partial charge in [0.05, 0.1) is 5.56 Å². The van der Waals surface area contributed by atoms with Crippen LogP contribution in [-0.4, -0.2) is 29.6 Å². The minimum atomic E-state index is -0.972. The van der Waals surface area contributed by atoms with E-state index in [1.165, 1.54) is 18.2 Å². The van der Waals surface area contributed by atoms with Gasteiger partial charge >= 0.3 is 5.97 Å². The zero-order valence-corrected chi connectivity index (χ0v) is 12.8. The Kier molecular flexibility index (Phi) is 4.46. The molecule has 1 aliphatic heterocycles. The van der Waals surface area contributed by atoms with E-state index in [1.807, 2.05) is 0 Å². The van der Waals surface area contributed by atoms with Gasteiger partial charge in [-0.2, -0.15) is 0 Å². The lowest BCUT2D eigenvalue weighted by Crippen LogP contribution is -2.38. The third kappa shape index (κ3) is 3.37. The third-order valence-corrected chi connectivity index (χ3v) is 3.92. The van der Waals surface area contributed by atoms with E-state index in [9.17, 15) is 14.0 Å². The van der Waals surface area contributed by atoms with Crippen LogP contribution in [0.4, 0.5) is 4.39 Å². The summed E-state index contributed by atoms with van der Waals surface area (Å²) in [5.74, 6) is -1.56. The lowest BCUT2D eigenvalue weighted by atomic mass is 10.1. The summed E-state index contributed by atoms with van der Waals surface area (Å²) in [6.45, 7) is 0.393. The van der Waals surface area contributed by atoms with Crippen molar-refractivity contribution in [1.82, 2.24) is 5.32 Å². The van der Waals surface area contributed by atoms with Crippen LogP contribution in [0.15, 0.2) is 42.5 Å². The highest BCUT2D eigenvalue weighted by atomic mass is 19.1. The fourth-order valence-electron chi connectivity index (χ4n) is 2.63. The summed E-state index contributed by atoms with van der Waals surface area (Å²) >= 11 is 0. The molecule has 5 nitrogen and oxygen atoms in total. The number of aromatic carboxylic acids is 1. The number of hydrogen-bond acceptors (Lipinski definition) is 3. The number of carbonyl (C=O) groups excluding carboxylic acids is 1. The summed E-state index contributed by atoms with van der Waals surface area (Å²) in [6.07, 6.45) is 0.206. The Bertz CT molecular complexity index is 773. The highest BCUT2D eigenvalue weighted by Gasteiger charge is 2.30. The number of nitrogens with one attached hydrogen (secondary N) is 1. The van der Waals surface area contributed by atoms with Gasteiger partial charge in [-0.3, -0.25) is 4.79 Å². The van der Waals surface area contributed by atoms with Gasteiger partial charge in [0.1, 0.15) is 0 Å². The highest BCUT2D eigenvalue weighted by Crippen LogP contribution is 2.31. The van der Waals surface area contributed by atoms with Crippen molar-refractivity contribution in [3.05, 3.63) is 65.0 Å². The molecule has 2 aromatic rings. The smallest absolute Gasteiger partial charge is 0.335 e. The van der Waals surface area contributed by atoms with Gasteiger partial charge in [0.15, 0.2) is 17.7 Å². The Balaban J connectivity index is 1.50. The van der Waals surface area contributed by atoms with Gasteiger partial charge in [-0.05, 0) is 30.2 Å². The molecule has 0 fully saturated rings.